The Morgan fingerprint density at radius 3 is 3.08 bits per heavy atom. The van der Waals surface area contributed by atoms with Crippen molar-refractivity contribution >= 4 is 15.9 Å². The lowest BCUT2D eigenvalue weighted by Crippen LogP contribution is -2.15. The van der Waals surface area contributed by atoms with Crippen molar-refractivity contribution in [3.05, 3.63) is 22.6 Å². The summed E-state index contributed by atoms with van der Waals surface area (Å²) >= 11 is 2.92. The molecular formula is C9H11BrN2O. The molecule has 4 heteroatoms. The molecule has 3 nitrogen and oxygen atoms in total. The maximum absolute atomic E-state index is 8.32. The Hall–Kier alpha value is -0.480. The molecule has 0 aliphatic carbocycles. The van der Waals surface area contributed by atoms with Crippen molar-refractivity contribution in [1.82, 2.24) is 9.97 Å². The SMILES string of the molecule is [2H]c1nc(C2([2H])C([2H])([2H])COCC2([2H])[2H])c([2H])nc1Br. The van der Waals surface area contributed by atoms with Crippen LogP contribution in [0.1, 0.15) is 33.9 Å². The van der Waals surface area contributed by atoms with Crippen molar-refractivity contribution in [2.45, 2.75) is 18.6 Å². The maximum Gasteiger partial charge on any atom is 0.124 e. The summed E-state index contributed by atoms with van der Waals surface area (Å²) in [7, 11) is 0. The molecule has 0 aromatic carbocycles. The van der Waals surface area contributed by atoms with E-state index in [0.717, 1.165) is 0 Å². The molecule has 0 unspecified atom stereocenters. The van der Waals surface area contributed by atoms with Crippen molar-refractivity contribution in [3.8, 4) is 0 Å². The predicted molar refractivity (Wildman–Crippen MR) is 52.5 cm³/mol. The number of hydrogen-bond acceptors (Lipinski definition) is 3. The van der Waals surface area contributed by atoms with Gasteiger partial charge in [0.1, 0.15) is 4.60 Å². The first-order chi connectivity index (χ1) is 9.03. The highest BCUT2D eigenvalue weighted by molar-refractivity contribution is 9.10. The highest BCUT2D eigenvalue weighted by Crippen LogP contribution is 2.24. The number of aromatic nitrogens is 2. The van der Waals surface area contributed by atoms with Crippen LogP contribution in [0.3, 0.4) is 0 Å². The number of rotatable bonds is 1. The quantitative estimate of drug-likeness (QED) is 0.765. The van der Waals surface area contributed by atoms with E-state index < -0.39 is 43.7 Å². The third kappa shape index (κ3) is 2.25. The van der Waals surface area contributed by atoms with Gasteiger partial charge in [-0.1, -0.05) is 0 Å². The van der Waals surface area contributed by atoms with Gasteiger partial charge in [0.05, 0.1) is 20.8 Å². The zero-order chi connectivity index (χ0) is 15.3. The van der Waals surface area contributed by atoms with Gasteiger partial charge in [-0.05, 0) is 28.7 Å². The van der Waals surface area contributed by atoms with Gasteiger partial charge in [0.15, 0.2) is 0 Å². The maximum atomic E-state index is 8.32. The number of nitrogens with zero attached hydrogens (tertiary/aromatic N) is 2. The van der Waals surface area contributed by atoms with E-state index in [1.54, 1.807) is 0 Å². The molecule has 1 aromatic rings. The van der Waals surface area contributed by atoms with E-state index >= 15 is 0 Å². The van der Waals surface area contributed by atoms with E-state index in [1.165, 1.54) is 0 Å². The van der Waals surface area contributed by atoms with Gasteiger partial charge in [-0.2, -0.15) is 0 Å². The summed E-state index contributed by atoms with van der Waals surface area (Å²) in [6.45, 7) is -0.971. The van der Waals surface area contributed by atoms with Crippen molar-refractivity contribution in [1.29, 1.82) is 0 Å². The summed E-state index contributed by atoms with van der Waals surface area (Å²) in [6, 6.07) is 0. The molecule has 1 aliphatic heterocycles. The lowest BCUT2D eigenvalue weighted by Gasteiger charge is -2.20. The zero-order valence-corrected chi connectivity index (χ0v) is 8.18. The van der Waals surface area contributed by atoms with Crippen LogP contribution in [-0.2, 0) is 4.74 Å². The zero-order valence-electron chi connectivity index (χ0n) is 13.6. The summed E-state index contributed by atoms with van der Waals surface area (Å²) < 4.78 is 60.0. The van der Waals surface area contributed by atoms with Crippen LogP contribution in [0.4, 0.5) is 0 Å². The molecule has 13 heavy (non-hydrogen) atoms. The summed E-state index contributed by atoms with van der Waals surface area (Å²) in [6.07, 6.45) is -5.71. The molecule has 70 valence electrons. The average Bonchev–Trinajstić information content (AvgIpc) is 2.30. The molecule has 1 aromatic heterocycles. The second-order valence-electron chi connectivity index (χ2n) is 2.31. The van der Waals surface area contributed by atoms with Crippen molar-refractivity contribution < 1.29 is 14.3 Å². The fourth-order valence-corrected chi connectivity index (χ4v) is 1.07. The Labute approximate surface area is 95.5 Å². The van der Waals surface area contributed by atoms with Crippen LogP contribution in [0.25, 0.3) is 0 Å². The Morgan fingerprint density at radius 1 is 1.54 bits per heavy atom. The second-order valence-corrected chi connectivity index (χ2v) is 3.06. The third-order valence-electron chi connectivity index (χ3n) is 1.46. The molecule has 0 atom stereocenters. The summed E-state index contributed by atoms with van der Waals surface area (Å²) in [4.78, 5) is 7.37. The first kappa shape index (κ1) is 3.95. The van der Waals surface area contributed by atoms with Gasteiger partial charge >= 0.3 is 0 Å². The average molecular weight is 250 g/mol. The van der Waals surface area contributed by atoms with Crippen LogP contribution in [0.15, 0.2) is 16.9 Å². The molecule has 0 N–H and O–H groups in total. The van der Waals surface area contributed by atoms with E-state index in [0.29, 0.717) is 0 Å². The molecule has 0 bridgehead atoms. The minimum absolute atomic E-state index is 0.0111. The van der Waals surface area contributed by atoms with Crippen molar-refractivity contribution in [2.24, 2.45) is 0 Å². The van der Waals surface area contributed by atoms with Crippen LogP contribution in [0, 0.1) is 0 Å². The molecule has 0 saturated carbocycles. The Balaban J connectivity index is 2.71. The van der Waals surface area contributed by atoms with Crippen molar-refractivity contribution in [2.75, 3.05) is 13.2 Å². The first-order valence-corrected chi connectivity index (χ1v) is 4.41. The lowest BCUT2D eigenvalue weighted by molar-refractivity contribution is 0.0844. The van der Waals surface area contributed by atoms with Gasteiger partial charge in [-0.25, -0.2) is 4.98 Å². The highest BCUT2D eigenvalue weighted by atomic mass is 79.9. The molecular weight excluding hydrogens is 232 g/mol. The minimum atomic E-state index is -2.47. The van der Waals surface area contributed by atoms with Crippen LogP contribution in [-0.4, -0.2) is 23.2 Å². The lowest BCUT2D eigenvalue weighted by atomic mass is 9.97. The monoisotopic (exact) mass is 249 g/mol. The van der Waals surface area contributed by atoms with Gasteiger partial charge in [0.2, 0.25) is 0 Å². The van der Waals surface area contributed by atoms with Gasteiger partial charge in [0.25, 0.3) is 0 Å². The highest BCUT2D eigenvalue weighted by Gasteiger charge is 2.16. The van der Waals surface area contributed by atoms with Crippen LogP contribution >= 0.6 is 15.9 Å². The Bertz CT molecular complexity index is 537. The van der Waals surface area contributed by atoms with Gasteiger partial charge in [-0.3, -0.25) is 4.98 Å². The summed E-state index contributed by atoms with van der Waals surface area (Å²) in [5.41, 5.74) is -0.496. The van der Waals surface area contributed by atoms with Crippen LogP contribution in [0.2, 0.25) is 0 Å². The van der Waals surface area contributed by atoms with E-state index in [2.05, 4.69) is 25.9 Å². The third-order valence-corrected chi connectivity index (χ3v) is 1.81. The molecule has 1 fully saturated rings. The van der Waals surface area contributed by atoms with E-state index in [1.807, 2.05) is 0 Å². The van der Waals surface area contributed by atoms with Crippen LogP contribution < -0.4 is 0 Å². The fraction of sp³-hybridized carbons (Fsp3) is 0.556. The standard InChI is InChI=1S/C9H11BrN2O/c10-9-6-11-8(5-12-9)7-1-3-13-4-2-7/h5-7H,1-4H2/i1D2,2D2,5D,6D,7D. The minimum Gasteiger partial charge on any atom is -0.381 e. The fourth-order valence-electron chi connectivity index (χ4n) is 0.893. The summed E-state index contributed by atoms with van der Waals surface area (Å²) in [5, 5.41) is 0. The number of hydrogen-bond donors (Lipinski definition) is 0. The second kappa shape index (κ2) is 4.15. The number of halogens is 1. The van der Waals surface area contributed by atoms with Gasteiger partial charge in [-0.15, -0.1) is 0 Å². The van der Waals surface area contributed by atoms with E-state index in [-0.39, 0.29) is 10.8 Å². The van der Waals surface area contributed by atoms with Crippen molar-refractivity contribution in [3.63, 3.8) is 0 Å². The largest absolute Gasteiger partial charge is 0.381 e. The molecule has 0 spiro atoms. The van der Waals surface area contributed by atoms with Crippen LogP contribution in [0.5, 0.6) is 0 Å². The molecule has 1 saturated heterocycles. The van der Waals surface area contributed by atoms with Gasteiger partial charge in [0, 0.05) is 26.0 Å². The normalized spacial score (nSPS) is 36.8. The molecule has 0 radical (unpaired) electrons. The smallest absolute Gasteiger partial charge is 0.124 e. The topological polar surface area (TPSA) is 35.0 Å². The Morgan fingerprint density at radius 2 is 2.31 bits per heavy atom. The van der Waals surface area contributed by atoms with E-state index in [9.17, 15) is 0 Å². The predicted octanol–water partition coefficient (Wildman–Crippen LogP) is 2.13. The number of ether oxygens (including phenoxy) is 1. The first-order valence-electron chi connectivity index (χ1n) is 7.12. The molecule has 1 aliphatic rings. The van der Waals surface area contributed by atoms with Gasteiger partial charge < -0.3 is 4.74 Å². The molecule has 0 amide bonds. The molecule has 2 heterocycles. The van der Waals surface area contributed by atoms with E-state index in [4.69, 9.17) is 14.3 Å². The summed E-state index contributed by atoms with van der Waals surface area (Å²) in [5.74, 6) is -2.47. The molecule has 2 rings (SSSR count). The Kier molecular flexibility index (Phi) is 1.26.